The first-order chi connectivity index (χ1) is 8.58. The molecular formula is C13H16BrClFNO. The van der Waals surface area contributed by atoms with Gasteiger partial charge in [-0.3, -0.25) is 4.79 Å². The molecule has 2 nitrogen and oxygen atoms in total. The van der Waals surface area contributed by atoms with Crippen molar-refractivity contribution in [1.29, 1.82) is 0 Å². The van der Waals surface area contributed by atoms with Gasteiger partial charge in [-0.2, -0.15) is 0 Å². The molecule has 0 aliphatic heterocycles. The fourth-order valence-corrected chi connectivity index (χ4v) is 2.35. The van der Waals surface area contributed by atoms with Gasteiger partial charge in [-0.05, 0) is 30.5 Å². The van der Waals surface area contributed by atoms with Gasteiger partial charge in [0.1, 0.15) is 5.82 Å². The number of alkyl halides is 1. The first kappa shape index (κ1) is 15.4. The maximum atomic E-state index is 13.2. The third kappa shape index (κ3) is 4.58. The highest BCUT2D eigenvalue weighted by molar-refractivity contribution is 9.09. The van der Waals surface area contributed by atoms with Crippen molar-refractivity contribution in [1.82, 2.24) is 5.32 Å². The highest BCUT2D eigenvalue weighted by Gasteiger charge is 2.11. The fourth-order valence-electron chi connectivity index (χ4n) is 1.58. The Bertz CT molecular complexity index is 414. The van der Waals surface area contributed by atoms with E-state index in [4.69, 9.17) is 11.6 Å². The number of nitrogens with one attached hydrogen (secondary N) is 1. The molecule has 0 fully saturated rings. The Morgan fingerprint density at radius 3 is 2.83 bits per heavy atom. The zero-order valence-corrected chi connectivity index (χ0v) is 12.5. The van der Waals surface area contributed by atoms with Gasteiger partial charge in [0, 0.05) is 17.4 Å². The third-order valence-corrected chi connectivity index (χ3v) is 3.59. The van der Waals surface area contributed by atoms with Gasteiger partial charge < -0.3 is 5.32 Å². The van der Waals surface area contributed by atoms with E-state index < -0.39 is 5.82 Å². The van der Waals surface area contributed by atoms with Crippen LogP contribution >= 0.6 is 27.5 Å². The minimum Gasteiger partial charge on any atom is -0.352 e. The van der Waals surface area contributed by atoms with Crippen LogP contribution in [0.25, 0.3) is 0 Å². The van der Waals surface area contributed by atoms with Gasteiger partial charge >= 0.3 is 0 Å². The van der Waals surface area contributed by atoms with E-state index >= 15 is 0 Å². The van der Waals surface area contributed by atoms with E-state index in [-0.39, 0.29) is 10.9 Å². The molecule has 0 saturated heterocycles. The molecule has 1 aromatic rings. The predicted molar refractivity (Wildman–Crippen MR) is 75.9 cm³/mol. The number of carbonyl (C=O) groups is 1. The summed E-state index contributed by atoms with van der Waals surface area (Å²) in [6, 6.07) is 4.07. The van der Waals surface area contributed by atoms with E-state index in [1.165, 1.54) is 12.1 Å². The molecule has 1 rings (SSSR count). The van der Waals surface area contributed by atoms with Crippen molar-refractivity contribution in [3.05, 3.63) is 34.6 Å². The monoisotopic (exact) mass is 335 g/mol. The molecule has 0 bridgehead atoms. The van der Waals surface area contributed by atoms with Gasteiger partial charge in [0.25, 0.3) is 5.91 Å². The summed E-state index contributed by atoms with van der Waals surface area (Å²) in [6.45, 7) is 2.69. The Labute approximate surface area is 120 Å². The van der Waals surface area contributed by atoms with Gasteiger partial charge in [-0.15, -0.1) is 0 Å². The van der Waals surface area contributed by atoms with Crippen LogP contribution in [0, 0.1) is 11.7 Å². The third-order valence-electron chi connectivity index (χ3n) is 2.83. The van der Waals surface area contributed by atoms with E-state index in [0.717, 1.165) is 24.2 Å². The average molecular weight is 337 g/mol. The molecule has 0 saturated carbocycles. The molecule has 0 spiro atoms. The van der Waals surface area contributed by atoms with Gasteiger partial charge in [-0.1, -0.05) is 40.9 Å². The number of benzene rings is 1. The fraction of sp³-hybridized carbons (Fsp3) is 0.462. The van der Waals surface area contributed by atoms with Gasteiger partial charge in [0.2, 0.25) is 0 Å². The molecule has 0 aliphatic carbocycles. The second-order valence-electron chi connectivity index (χ2n) is 4.09. The van der Waals surface area contributed by atoms with E-state index in [1.807, 2.05) is 0 Å². The van der Waals surface area contributed by atoms with Crippen LogP contribution in [-0.4, -0.2) is 17.8 Å². The molecule has 0 aromatic heterocycles. The summed E-state index contributed by atoms with van der Waals surface area (Å²) in [6.07, 6.45) is 2.01. The van der Waals surface area contributed by atoms with Crippen molar-refractivity contribution in [2.75, 3.05) is 11.9 Å². The zero-order valence-electron chi connectivity index (χ0n) is 10.2. The van der Waals surface area contributed by atoms with Gasteiger partial charge in [0.05, 0.1) is 5.02 Å². The van der Waals surface area contributed by atoms with Crippen molar-refractivity contribution in [2.24, 2.45) is 5.92 Å². The van der Waals surface area contributed by atoms with Gasteiger partial charge in [0.15, 0.2) is 0 Å². The minimum atomic E-state index is -0.572. The SMILES string of the molecule is CCC(CCBr)CNC(=O)c1ccc(Cl)c(F)c1. The van der Waals surface area contributed by atoms with Crippen molar-refractivity contribution < 1.29 is 9.18 Å². The molecule has 0 aliphatic rings. The van der Waals surface area contributed by atoms with Crippen LogP contribution in [-0.2, 0) is 0 Å². The summed E-state index contributed by atoms with van der Waals surface area (Å²) in [5.41, 5.74) is 0.297. The van der Waals surface area contributed by atoms with Crippen molar-refractivity contribution in [3.63, 3.8) is 0 Å². The van der Waals surface area contributed by atoms with Crippen LogP contribution in [0.2, 0.25) is 5.02 Å². The first-order valence-electron chi connectivity index (χ1n) is 5.87. The zero-order chi connectivity index (χ0) is 13.5. The quantitative estimate of drug-likeness (QED) is 0.781. The standard InChI is InChI=1S/C13H16BrClFNO/c1-2-9(5-6-14)8-17-13(18)10-3-4-11(15)12(16)7-10/h3-4,7,9H,2,5-6,8H2,1H3,(H,17,18). The Morgan fingerprint density at radius 1 is 1.56 bits per heavy atom. The van der Waals surface area contributed by atoms with E-state index in [2.05, 4.69) is 28.2 Å². The molecule has 1 atom stereocenters. The van der Waals surface area contributed by atoms with Crippen LogP contribution < -0.4 is 5.32 Å². The molecule has 1 aromatic carbocycles. The highest BCUT2D eigenvalue weighted by atomic mass is 79.9. The van der Waals surface area contributed by atoms with Crippen molar-refractivity contribution in [3.8, 4) is 0 Å². The minimum absolute atomic E-state index is 0.0253. The Morgan fingerprint density at radius 2 is 2.28 bits per heavy atom. The second kappa shape index (κ2) is 7.74. The van der Waals surface area contributed by atoms with Crippen LogP contribution in [0.4, 0.5) is 4.39 Å². The normalized spacial score (nSPS) is 12.2. The van der Waals surface area contributed by atoms with Crippen LogP contribution in [0.1, 0.15) is 30.1 Å². The summed E-state index contributed by atoms with van der Waals surface area (Å²) in [5, 5.41) is 3.75. The molecule has 1 N–H and O–H groups in total. The lowest BCUT2D eigenvalue weighted by atomic mass is 10.0. The summed E-state index contributed by atoms with van der Waals surface area (Å²) in [7, 11) is 0. The molecule has 0 radical (unpaired) electrons. The topological polar surface area (TPSA) is 29.1 Å². The average Bonchev–Trinajstić information content (AvgIpc) is 2.37. The number of carbonyl (C=O) groups excluding carboxylic acids is 1. The number of halogens is 3. The summed E-state index contributed by atoms with van der Waals surface area (Å²) in [4.78, 5) is 11.8. The number of hydrogen-bond donors (Lipinski definition) is 1. The molecule has 1 amide bonds. The molecule has 18 heavy (non-hydrogen) atoms. The van der Waals surface area contributed by atoms with E-state index in [1.54, 1.807) is 0 Å². The Kier molecular flexibility index (Phi) is 6.65. The number of amides is 1. The lowest BCUT2D eigenvalue weighted by Gasteiger charge is -2.14. The maximum Gasteiger partial charge on any atom is 0.251 e. The van der Waals surface area contributed by atoms with E-state index in [0.29, 0.717) is 18.0 Å². The largest absolute Gasteiger partial charge is 0.352 e. The molecule has 5 heteroatoms. The molecular weight excluding hydrogens is 321 g/mol. The Balaban J connectivity index is 2.57. The predicted octanol–water partition coefficient (Wildman–Crippen LogP) is 4.02. The Hall–Kier alpha value is -0.610. The van der Waals surface area contributed by atoms with E-state index in [9.17, 15) is 9.18 Å². The van der Waals surface area contributed by atoms with Crippen molar-refractivity contribution in [2.45, 2.75) is 19.8 Å². The second-order valence-corrected chi connectivity index (χ2v) is 5.29. The van der Waals surface area contributed by atoms with Crippen LogP contribution in [0.15, 0.2) is 18.2 Å². The lowest BCUT2D eigenvalue weighted by Crippen LogP contribution is -2.29. The lowest BCUT2D eigenvalue weighted by molar-refractivity contribution is 0.0946. The van der Waals surface area contributed by atoms with Crippen LogP contribution in [0.3, 0.4) is 0 Å². The smallest absolute Gasteiger partial charge is 0.251 e. The van der Waals surface area contributed by atoms with Crippen LogP contribution in [0.5, 0.6) is 0 Å². The molecule has 1 unspecified atom stereocenters. The summed E-state index contributed by atoms with van der Waals surface area (Å²) < 4.78 is 13.2. The van der Waals surface area contributed by atoms with Gasteiger partial charge in [-0.25, -0.2) is 4.39 Å². The maximum absolute atomic E-state index is 13.2. The highest BCUT2D eigenvalue weighted by Crippen LogP contribution is 2.15. The van der Waals surface area contributed by atoms with Crippen molar-refractivity contribution >= 4 is 33.4 Å². The molecule has 100 valence electrons. The summed E-state index contributed by atoms with van der Waals surface area (Å²) >= 11 is 8.95. The first-order valence-corrected chi connectivity index (χ1v) is 7.37. The number of rotatable bonds is 6. The summed E-state index contributed by atoms with van der Waals surface area (Å²) in [5.74, 6) is -0.402. The molecule has 0 heterocycles. The number of hydrogen-bond acceptors (Lipinski definition) is 1.